The van der Waals surface area contributed by atoms with Gasteiger partial charge in [-0.3, -0.25) is 4.98 Å². The Balaban J connectivity index is 2.30. The third-order valence-corrected chi connectivity index (χ3v) is 3.79. The summed E-state index contributed by atoms with van der Waals surface area (Å²) < 4.78 is 0. The summed E-state index contributed by atoms with van der Waals surface area (Å²) in [5, 5.41) is 3.58. The summed E-state index contributed by atoms with van der Waals surface area (Å²) in [7, 11) is 0. The lowest BCUT2D eigenvalue weighted by molar-refractivity contribution is 0.546. The Morgan fingerprint density at radius 2 is 1.85 bits per heavy atom. The number of aryl methyl sites for hydroxylation is 3. The monoisotopic (exact) mass is 268 g/mol. The summed E-state index contributed by atoms with van der Waals surface area (Å²) in [5.41, 5.74) is 6.81. The quantitative estimate of drug-likeness (QED) is 0.889. The Kier molecular flexibility index (Phi) is 4.91. The van der Waals surface area contributed by atoms with Gasteiger partial charge in [-0.05, 0) is 62.1 Å². The normalized spacial score (nSPS) is 12.4. The summed E-state index contributed by atoms with van der Waals surface area (Å²) in [6.45, 7) is 9.69. The van der Waals surface area contributed by atoms with E-state index in [4.69, 9.17) is 0 Å². The lowest BCUT2D eigenvalue weighted by Crippen LogP contribution is -2.23. The van der Waals surface area contributed by atoms with Gasteiger partial charge in [0.2, 0.25) is 0 Å². The molecule has 1 atom stereocenters. The molecule has 0 saturated heterocycles. The zero-order chi connectivity index (χ0) is 14.5. The number of hydrogen-bond acceptors (Lipinski definition) is 2. The third kappa shape index (κ3) is 3.45. The highest BCUT2D eigenvalue weighted by atomic mass is 14.9. The maximum Gasteiger partial charge on any atom is 0.0376 e. The minimum absolute atomic E-state index is 0.328. The lowest BCUT2D eigenvalue weighted by atomic mass is 9.92. The minimum atomic E-state index is 0.328. The number of nitrogens with zero attached hydrogens (tertiary/aromatic N) is 1. The highest BCUT2D eigenvalue weighted by Gasteiger charge is 2.14. The van der Waals surface area contributed by atoms with Crippen LogP contribution >= 0.6 is 0 Å². The fraction of sp³-hybridized carbons (Fsp3) is 0.389. The second kappa shape index (κ2) is 6.67. The van der Waals surface area contributed by atoms with Crippen molar-refractivity contribution in [1.82, 2.24) is 10.3 Å². The number of nitrogens with one attached hydrogen (secondary N) is 1. The molecule has 2 heteroatoms. The minimum Gasteiger partial charge on any atom is -0.310 e. The number of aromatic nitrogens is 1. The van der Waals surface area contributed by atoms with E-state index in [2.05, 4.69) is 56.2 Å². The Hall–Kier alpha value is -1.67. The van der Waals surface area contributed by atoms with Crippen LogP contribution in [0.2, 0.25) is 0 Å². The molecule has 2 nitrogen and oxygen atoms in total. The number of pyridine rings is 1. The van der Waals surface area contributed by atoms with Crippen LogP contribution in [0.4, 0.5) is 0 Å². The summed E-state index contributed by atoms with van der Waals surface area (Å²) in [6, 6.07) is 9.03. The molecule has 1 aromatic heterocycles. The van der Waals surface area contributed by atoms with E-state index in [1.807, 2.05) is 18.5 Å². The van der Waals surface area contributed by atoms with Crippen LogP contribution < -0.4 is 5.32 Å². The fourth-order valence-electron chi connectivity index (χ4n) is 2.87. The number of hydrogen-bond donors (Lipinski definition) is 1. The molecule has 0 bridgehead atoms. The van der Waals surface area contributed by atoms with E-state index < -0.39 is 0 Å². The molecule has 1 heterocycles. The predicted octanol–water partition coefficient (Wildman–Crippen LogP) is 3.90. The van der Waals surface area contributed by atoms with Crippen LogP contribution in [0.1, 0.15) is 40.8 Å². The van der Waals surface area contributed by atoms with E-state index in [-0.39, 0.29) is 0 Å². The smallest absolute Gasteiger partial charge is 0.0376 e. The molecule has 2 rings (SSSR count). The standard InChI is InChI=1S/C18H24N2/c1-5-20-18(16-7-6-8-19-12-16)11-17-14(3)9-13(2)10-15(17)4/h6-10,12,18,20H,5,11H2,1-4H3. The van der Waals surface area contributed by atoms with Crippen molar-refractivity contribution in [2.75, 3.05) is 6.54 Å². The first kappa shape index (κ1) is 14.7. The molecular weight excluding hydrogens is 244 g/mol. The molecule has 106 valence electrons. The molecule has 1 unspecified atom stereocenters. The number of likely N-dealkylation sites (N-methyl/N-ethyl adjacent to an activating group) is 1. The molecule has 1 N–H and O–H groups in total. The van der Waals surface area contributed by atoms with Gasteiger partial charge in [-0.15, -0.1) is 0 Å². The van der Waals surface area contributed by atoms with E-state index >= 15 is 0 Å². The van der Waals surface area contributed by atoms with Gasteiger partial charge < -0.3 is 5.32 Å². The van der Waals surface area contributed by atoms with E-state index in [1.54, 1.807) is 0 Å². The second-order valence-electron chi connectivity index (χ2n) is 5.48. The molecular formula is C18H24N2. The van der Waals surface area contributed by atoms with Crippen molar-refractivity contribution in [3.05, 3.63) is 64.5 Å². The maximum atomic E-state index is 4.25. The second-order valence-corrected chi connectivity index (χ2v) is 5.48. The molecule has 0 amide bonds. The molecule has 1 aromatic carbocycles. The summed E-state index contributed by atoms with van der Waals surface area (Å²) in [5.74, 6) is 0. The first-order chi connectivity index (χ1) is 9.61. The highest BCUT2D eigenvalue weighted by molar-refractivity contribution is 5.38. The van der Waals surface area contributed by atoms with Gasteiger partial charge >= 0.3 is 0 Å². The van der Waals surface area contributed by atoms with Gasteiger partial charge in [-0.25, -0.2) is 0 Å². The van der Waals surface area contributed by atoms with Crippen LogP contribution in [0.3, 0.4) is 0 Å². The van der Waals surface area contributed by atoms with Crippen LogP contribution in [0.15, 0.2) is 36.7 Å². The first-order valence-corrected chi connectivity index (χ1v) is 7.31. The molecule has 0 radical (unpaired) electrons. The topological polar surface area (TPSA) is 24.9 Å². The first-order valence-electron chi connectivity index (χ1n) is 7.31. The largest absolute Gasteiger partial charge is 0.310 e. The third-order valence-electron chi connectivity index (χ3n) is 3.79. The summed E-state index contributed by atoms with van der Waals surface area (Å²) >= 11 is 0. The fourth-order valence-corrected chi connectivity index (χ4v) is 2.87. The van der Waals surface area contributed by atoms with Crippen molar-refractivity contribution >= 4 is 0 Å². The molecule has 2 aromatic rings. The Labute approximate surface area is 122 Å². The van der Waals surface area contributed by atoms with E-state index in [1.165, 1.54) is 27.8 Å². The molecule has 0 aliphatic rings. The highest BCUT2D eigenvalue weighted by Crippen LogP contribution is 2.23. The SMILES string of the molecule is CCNC(Cc1c(C)cc(C)cc1C)c1cccnc1. The van der Waals surface area contributed by atoms with E-state index in [0.717, 1.165) is 13.0 Å². The number of benzene rings is 1. The van der Waals surface area contributed by atoms with Crippen molar-refractivity contribution < 1.29 is 0 Å². The van der Waals surface area contributed by atoms with Crippen LogP contribution in [0, 0.1) is 20.8 Å². The van der Waals surface area contributed by atoms with Gasteiger partial charge in [0, 0.05) is 18.4 Å². The van der Waals surface area contributed by atoms with E-state index in [0.29, 0.717) is 6.04 Å². The molecule has 0 aliphatic heterocycles. The van der Waals surface area contributed by atoms with Crippen LogP contribution in [-0.2, 0) is 6.42 Å². The predicted molar refractivity (Wildman–Crippen MR) is 85.0 cm³/mol. The zero-order valence-electron chi connectivity index (χ0n) is 12.9. The Morgan fingerprint density at radius 3 is 2.40 bits per heavy atom. The van der Waals surface area contributed by atoms with Crippen LogP contribution in [0.25, 0.3) is 0 Å². The summed E-state index contributed by atoms with van der Waals surface area (Å²) in [6.07, 6.45) is 4.80. The summed E-state index contributed by atoms with van der Waals surface area (Å²) in [4.78, 5) is 4.25. The molecule has 0 fully saturated rings. The van der Waals surface area contributed by atoms with Crippen LogP contribution in [0.5, 0.6) is 0 Å². The van der Waals surface area contributed by atoms with Crippen molar-refractivity contribution in [3.8, 4) is 0 Å². The van der Waals surface area contributed by atoms with Crippen molar-refractivity contribution in [3.63, 3.8) is 0 Å². The lowest BCUT2D eigenvalue weighted by Gasteiger charge is -2.21. The Morgan fingerprint density at radius 1 is 1.15 bits per heavy atom. The van der Waals surface area contributed by atoms with Crippen LogP contribution in [-0.4, -0.2) is 11.5 Å². The van der Waals surface area contributed by atoms with Gasteiger partial charge in [0.25, 0.3) is 0 Å². The van der Waals surface area contributed by atoms with Gasteiger partial charge in [0.15, 0.2) is 0 Å². The Bertz CT molecular complexity index is 538. The average molecular weight is 268 g/mol. The molecule has 0 saturated carbocycles. The molecule has 0 aliphatic carbocycles. The van der Waals surface area contributed by atoms with Gasteiger partial charge in [-0.1, -0.05) is 30.7 Å². The van der Waals surface area contributed by atoms with Gasteiger partial charge in [0.05, 0.1) is 0 Å². The van der Waals surface area contributed by atoms with Gasteiger partial charge in [0.1, 0.15) is 0 Å². The van der Waals surface area contributed by atoms with E-state index in [9.17, 15) is 0 Å². The van der Waals surface area contributed by atoms with Crippen molar-refractivity contribution in [2.24, 2.45) is 0 Å². The van der Waals surface area contributed by atoms with Gasteiger partial charge in [-0.2, -0.15) is 0 Å². The number of rotatable bonds is 5. The van der Waals surface area contributed by atoms with Crippen molar-refractivity contribution in [2.45, 2.75) is 40.2 Å². The molecule has 20 heavy (non-hydrogen) atoms. The van der Waals surface area contributed by atoms with Crippen molar-refractivity contribution in [1.29, 1.82) is 0 Å². The molecule has 0 spiro atoms. The maximum absolute atomic E-state index is 4.25. The zero-order valence-corrected chi connectivity index (χ0v) is 12.9. The average Bonchev–Trinajstić information content (AvgIpc) is 2.42.